The first-order valence-corrected chi connectivity index (χ1v) is 8.13. The van der Waals surface area contributed by atoms with Gasteiger partial charge < -0.3 is 5.32 Å². The fraction of sp³-hybridized carbons (Fsp3) is 0.700. The number of aromatic nitrogens is 1. The van der Waals surface area contributed by atoms with Gasteiger partial charge >= 0.3 is 0 Å². The van der Waals surface area contributed by atoms with Crippen LogP contribution in [0.2, 0.25) is 0 Å². The van der Waals surface area contributed by atoms with Crippen LogP contribution in [-0.2, 0) is 28.6 Å². The first kappa shape index (κ1) is 12.0. The molecule has 0 saturated heterocycles. The van der Waals surface area contributed by atoms with Crippen molar-refractivity contribution in [3.63, 3.8) is 0 Å². The fourth-order valence-corrected chi connectivity index (χ4v) is 4.59. The van der Waals surface area contributed by atoms with Gasteiger partial charge in [-0.2, -0.15) is 0 Å². The number of hydrogen-bond acceptors (Lipinski definition) is 5. The maximum absolute atomic E-state index is 11.4. The second-order valence-electron chi connectivity index (χ2n) is 4.00. The van der Waals surface area contributed by atoms with Gasteiger partial charge in [-0.1, -0.05) is 6.92 Å². The standard InChI is InChI=1S/C10H16N2O2S2/c1-2-4-11-6-10-12-8-3-5-16(13,14)7-9(8)15-10/h11H,2-7H2,1H3. The van der Waals surface area contributed by atoms with Crippen LogP contribution in [-0.4, -0.2) is 25.7 Å². The first-order valence-electron chi connectivity index (χ1n) is 5.49. The minimum Gasteiger partial charge on any atom is -0.310 e. The van der Waals surface area contributed by atoms with Gasteiger partial charge in [-0.15, -0.1) is 11.3 Å². The Bertz CT molecular complexity index is 465. The molecule has 1 N–H and O–H groups in total. The molecule has 0 saturated carbocycles. The lowest BCUT2D eigenvalue weighted by Gasteiger charge is -2.09. The van der Waals surface area contributed by atoms with Crippen molar-refractivity contribution in [2.45, 2.75) is 32.1 Å². The lowest BCUT2D eigenvalue weighted by Crippen LogP contribution is -2.17. The smallest absolute Gasteiger partial charge is 0.155 e. The molecule has 0 atom stereocenters. The van der Waals surface area contributed by atoms with Gasteiger partial charge in [0, 0.05) is 17.8 Å². The molecule has 1 aromatic heterocycles. The zero-order chi connectivity index (χ0) is 11.6. The summed E-state index contributed by atoms with van der Waals surface area (Å²) >= 11 is 1.54. The Labute approximate surface area is 100 Å². The van der Waals surface area contributed by atoms with Gasteiger partial charge in [0.05, 0.1) is 17.2 Å². The monoisotopic (exact) mass is 260 g/mol. The molecule has 0 radical (unpaired) electrons. The number of thiazole rings is 1. The van der Waals surface area contributed by atoms with Crippen LogP contribution in [0.4, 0.5) is 0 Å². The second-order valence-corrected chi connectivity index (χ2v) is 7.35. The van der Waals surface area contributed by atoms with E-state index < -0.39 is 9.84 Å². The number of sulfone groups is 1. The lowest BCUT2D eigenvalue weighted by molar-refractivity contribution is 0.591. The lowest BCUT2D eigenvalue weighted by atomic mass is 10.3. The van der Waals surface area contributed by atoms with E-state index in [1.807, 2.05) is 0 Å². The summed E-state index contributed by atoms with van der Waals surface area (Å²) in [5, 5.41) is 4.29. The summed E-state index contributed by atoms with van der Waals surface area (Å²) in [7, 11) is -2.86. The van der Waals surface area contributed by atoms with Crippen molar-refractivity contribution < 1.29 is 8.42 Å². The highest BCUT2D eigenvalue weighted by Crippen LogP contribution is 2.26. The molecule has 0 unspecified atom stereocenters. The molecule has 1 aliphatic rings. The Morgan fingerprint density at radius 2 is 2.31 bits per heavy atom. The van der Waals surface area contributed by atoms with E-state index >= 15 is 0 Å². The maximum atomic E-state index is 11.4. The van der Waals surface area contributed by atoms with E-state index in [1.165, 1.54) is 11.3 Å². The number of hydrogen-bond donors (Lipinski definition) is 1. The second kappa shape index (κ2) is 4.81. The van der Waals surface area contributed by atoms with Crippen molar-refractivity contribution in [3.8, 4) is 0 Å². The third-order valence-corrected chi connectivity index (χ3v) is 5.36. The van der Waals surface area contributed by atoms with Crippen LogP contribution in [0.1, 0.15) is 28.9 Å². The molecule has 0 bridgehead atoms. The third-order valence-electron chi connectivity index (χ3n) is 2.53. The van der Waals surface area contributed by atoms with Crippen molar-refractivity contribution >= 4 is 21.2 Å². The Morgan fingerprint density at radius 1 is 1.50 bits per heavy atom. The molecule has 2 heterocycles. The molecular weight excluding hydrogens is 244 g/mol. The highest BCUT2D eigenvalue weighted by atomic mass is 32.2. The number of aryl methyl sites for hydroxylation is 1. The van der Waals surface area contributed by atoms with Crippen molar-refractivity contribution in [1.82, 2.24) is 10.3 Å². The number of nitrogens with one attached hydrogen (secondary N) is 1. The predicted molar refractivity (Wildman–Crippen MR) is 65.3 cm³/mol. The first-order chi connectivity index (χ1) is 7.61. The molecule has 16 heavy (non-hydrogen) atoms. The normalized spacial score (nSPS) is 18.3. The quantitative estimate of drug-likeness (QED) is 0.824. The SMILES string of the molecule is CCCNCc1nc2c(s1)CS(=O)(=O)CC2. The van der Waals surface area contributed by atoms with Crippen LogP contribution in [0.5, 0.6) is 0 Å². The molecular formula is C10H16N2O2S2. The minimum absolute atomic E-state index is 0.188. The van der Waals surface area contributed by atoms with E-state index in [4.69, 9.17) is 0 Å². The van der Waals surface area contributed by atoms with Crippen molar-refractivity contribution in [2.75, 3.05) is 12.3 Å². The molecule has 1 aliphatic heterocycles. The molecule has 6 heteroatoms. The molecule has 0 spiro atoms. The van der Waals surface area contributed by atoms with Crippen LogP contribution in [0, 0.1) is 0 Å². The van der Waals surface area contributed by atoms with Crippen LogP contribution < -0.4 is 5.32 Å². The molecule has 0 aliphatic carbocycles. The number of nitrogens with zero attached hydrogens (tertiary/aromatic N) is 1. The molecule has 0 amide bonds. The van der Waals surface area contributed by atoms with Gasteiger partial charge in [-0.3, -0.25) is 0 Å². The largest absolute Gasteiger partial charge is 0.310 e. The van der Waals surface area contributed by atoms with E-state index in [1.54, 1.807) is 0 Å². The predicted octanol–water partition coefficient (Wildman–Crippen LogP) is 1.11. The van der Waals surface area contributed by atoms with Crippen LogP contribution in [0.25, 0.3) is 0 Å². The summed E-state index contributed by atoms with van der Waals surface area (Å²) in [5.74, 6) is 0.444. The summed E-state index contributed by atoms with van der Waals surface area (Å²) in [6, 6.07) is 0. The Hall–Kier alpha value is -0.460. The minimum atomic E-state index is -2.86. The summed E-state index contributed by atoms with van der Waals surface area (Å²) in [6.07, 6.45) is 1.68. The van der Waals surface area contributed by atoms with Gasteiger partial charge in [0.15, 0.2) is 9.84 Å². The molecule has 90 valence electrons. The van der Waals surface area contributed by atoms with E-state index in [9.17, 15) is 8.42 Å². The Balaban J connectivity index is 2.07. The molecule has 0 fully saturated rings. The zero-order valence-corrected chi connectivity index (χ0v) is 11.0. The van der Waals surface area contributed by atoms with E-state index in [0.717, 1.165) is 35.1 Å². The molecule has 2 rings (SSSR count). The summed E-state index contributed by atoms with van der Waals surface area (Å²) in [5.41, 5.74) is 0.994. The van der Waals surface area contributed by atoms with Gasteiger partial charge in [-0.25, -0.2) is 13.4 Å². The average molecular weight is 260 g/mol. The Morgan fingerprint density at radius 3 is 3.06 bits per heavy atom. The van der Waals surface area contributed by atoms with Crippen molar-refractivity contribution in [1.29, 1.82) is 0 Å². The van der Waals surface area contributed by atoms with E-state index in [0.29, 0.717) is 6.42 Å². The highest BCUT2D eigenvalue weighted by Gasteiger charge is 2.24. The van der Waals surface area contributed by atoms with Crippen LogP contribution in [0.3, 0.4) is 0 Å². The van der Waals surface area contributed by atoms with Gasteiger partial charge in [0.2, 0.25) is 0 Å². The van der Waals surface area contributed by atoms with E-state index in [-0.39, 0.29) is 11.5 Å². The van der Waals surface area contributed by atoms with Crippen LogP contribution >= 0.6 is 11.3 Å². The van der Waals surface area contributed by atoms with E-state index in [2.05, 4.69) is 17.2 Å². The molecule has 1 aromatic rings. The van der Waals surface area contributed by atoms with Crippen molar-refractivity contribution in [3.05, 3.63) is 15.6 Å². The maximum Gasteiger partial charge on any atom is 0.155 e. The third kappa shape index (κ3) is 2.81. The summed E-state index contributed by atoms with van der Waals surface area (Å²) < 4.78 is 22.9. The number of rotatable bonds is 4. The highest BCUT2D eigenvalue weighted by molar-refractivity contribution is 7.90. The average Bonchev–Trinajstić information content (AvgIpc) is 2.58. The van der Waals surface area contributed by atoms with Gasteiger partial charge in [0.25, 0.3) is 0 Å². The van der Waals surface area contributed by atoms with Gasteiger partial charge in [-0.05, 0) is 13.0 Å². The Kier molecular flexibility index (Phi) is 3.61. The summed E-state index contributed by atoms with van der Waals surface area (Å²) in [4.78, 5) is 5.42. The van der Waals surface area contributed by atoms with Gasteiger partial charge in [0.1, 0.15) is 5.01 Å². The fourth-order valence-electron chi connectivity index (χ4n) is 1.72. The number of fused-ring (bicyclic) bond motifs is 1. The zero-order valence-electron chi connectivity index (χ0n) is 9.32. The molecule has 4 nitrogen and oxygen atoms in total. The topological polar surface area (TPSA) is 59.1 Å². The molecule has 0 aromatic carbocycles. The van der Waals surface area contributed by atoms with Crippen molar-refractivity contribution in [2.24, 2.45) is 0 Å². The van der Waals surface area contributed by atoms with Crippen LogP contribution in [0.15, 0.2) is 0 Å². The summed E-state index contributed by atoms with van der Waals surface area (Å²) in [6.45, 7) is 3.85.